The molecule has 1 amide bonds. The van der Waals surface area contributed by atoms with Crippen molar-refractivity contribution in [2.75, 3.05) is 45.8 Å². The van der Waals surface area contributed by atoms with Crippen molar-refractivity contribution >= 4 is 11.7 Å². The summed E-state index contributed by atoms with van der Waals surface area (Å²) in [6.45, 7) is 11.4. The summed E-state index contributed by atoms with van der Waals surface area (Å²) >= 11 is 0. The van der Waals surface area contributed by atoms with Crippen molar-refractivity contribution in [2.24, 2.45) is 0 Å². The van der Waals surface area contributed by atoms with Crippen molar-refractivity contribution in [1.29, 1.82) is 0 Å². The molecule has 6 nitrogen and oxygen atoms in total. The number of hydrogen-bond acceptors (Lipinski definition) is 4. The molecule has 0 unspecified atom stereocenters. The number of aromatic nitrogens is 1. The van der Waals surface area contributed by atoms with Gasteiger partial charge in [-0.3, -0.25) is 19.4 Å². The Morgan fingerprint density at radius 2 is 1.62 bits per heavy atom. The fourth-order valence-corrected chi connectivity index (χ4v) is 4.16. The number of rotatable bonds is 10. The molecule has 32 heavy (non-hydrogen) atoms. The number of ketones is 1. The summed E-state index contributed by atoms with van der Waals surface area (Å²) in [6, 6.07) is 8.44. The molecule has 0 radical (unpaired) electrons. The standard InChI is InChI=1S/C25H35FN4O2/c1-4-5-10-27-25(32)18-29-13-11-28(12-14-29)17-24(31)23-15-19(2)30(20(23)3)16-21-6-8-22(26)9-7-21/h6-9,15H,4-5,10-14,16-18H2,1-3H3,(H,27,32). The highest BCUT2D eigenvalue weighted by Crippen LogP contribution is 2.19. The molecule has 0 atom stereocenters. The molecule has 1 fully saturated rings. The molecule has 1 aliphatic rings. The van der Waals surface area contributed by atoms with Crippen molar-refractivity contribution in [3.8, 4) is 0 Å². The smallest absolute Gasteiger partial charge is 0.234 e. The molecular weight excluding hydrogens is 407 g/mol. The number of amides is 1. The highest BCUT2D eigenvalue weighted by Gasteiger charge is 2.23. The van der Waals surface area contributed by atoms with Crippen molar-refractivity contribution in [3.63, 3.8) is 0 Å². The molecule has 1 aromatic carbocycles. The Bertz CT molecular complexity index is 915. The van der Waals surface area contributed by atoms with E-state index in [2.05, 4.69) is 26.6 Å². The van der Waals surface area contributed by atoms with Crippen LogP contribution in [0.2, 0.25) is 0 Å². The normalized spacial score (nSPS) is 15.1. The number of unbranched alkanes of at least 4 members (excludes halogenated alkanes) is 1. The molecule has 0 spiro atoms. The van der Waals surface area contributed by atoms with Crippen LogP contribution in [0.5, 0.6) is 0 Å². The average Bonchev–Trinajstić information content (AvgIpc) is 3.05. The lowest BCUT2D eigenvalue weighted by Crippen LogP contribution is -2.50. The van der Waals surface area contributed by atoms with Crippen LogP contribution in [0.1, 0.15) is 47.1 Å². The lowest BCUT2D eigenvalue weighted by molar-refractivity contribution is -0.122. The van der Waals surface area contributed by atoms with Gasteiger partial charge in [-0.05, 0) is 44.0 Å². The molecule has 2 heterocycles. The number of nitrogens with zero attached hydrogens (tertiary/aromatic N) is 3. The van der Waals surface area contributed by atoms with Crippen LogP contribution < -0.4 is 5.32 Å². The maximum absolute atomic E-state index is 13.2. The molecule has 1 aromatic heterocycles. The number of benzene rings is 1. The number of nitrogens with one attached hydrogen (secondary N) is 1. The number of carbonyl (C=O) groups excluding carboxylic acids is 2. The molecular formula is C25H35FN4O2. The fraction of sp³-hybridized carbons (Fsp3) is 0.520. The van der Waals surface area contributed by atoms with E-state index in [1.807, 2.05) is 19.9 Å². The van der Waals surface area contributed by atoms with E-state index in [9.17, 15) is 14.0 Å². The number of piperazine rings is 1. The molecule has 1 saturated heterocycles. The lowest BCUT2D eigenvalue weighted by Gasteiger charge is -2.33. The van der Waals surface area contributed by atoms with E-state index in [0.717, 1.165) is 68.1 Å². The monoisotopic (exact) mass is 442 g/mol. The molecule has 7 heteroatoms. The van der Waals surface area contributed by atoms with Crippen molar-refractivity contribution in [1.82, 2.24) is 19.7 Å². The van der Waals surface area contributed by atoms with Gasteiger partial charge in [0.05, 0.1) is 13.1 Å². The van der Waals surface area contributed by atoms with Crippen molar-refractivity contribution < 1.29 is 14.0 Å². The minimum Gasteiger partial charge on any atom is -0.355 e. The Kier molecular flexibility index (Phi) is 8.59. The van der Waals surface area contributed by atoms with Gasteiger partial charge in [-0.15, -0.1) is 0 Å². The van der Waals surface area contributed by atoms with Gasteiger partial charge >= 0.3 is 0 Å². The van der Waals surface area contributed by atoms with E-state index in [-0.39, 0.29) is 17.5 Å². The van der Waals surface area contributed by atoms with E-state index in [4.69, 9.17) is 0 Å². The second-order valence-electron chi connectivity index (χ2n) is 8.68. The zero-order valence-electron chi connectivity index (χ0n) is 19.5. The topological polar surface area (TPSA) is 57.6 Å². The third-order valence-electron chi connectivity index (χ3n) is 6.18. The molecule has 0 saturated carbocycles. The maximum Gasteiger partial charge on any atom is 0.234 e. The Balaban J connectivity index is 1.51. The number of Topliss-reactive ketones (excluding diaryl/α,β-unsaturated/α-hetero) is 1. The Morgan fingerprint density at radius 3 is 2.25 bits per heavy atom. The van der Waals surface area contributed by atoms with Crippen molar-refractivity contribution in [3.05, 3.63) is 58.7 Å². The Morgan fingerprint density at radius 1 is 1.00 bits per heavy atom. The molecule has 0 bridgehead atoms. The second-order valence-corrected chi connectivity index (χ2v) is 8.68. The summed E-state index contributed by atoms with van der Waals surface area (Å²) in [5.74, 6) is -0.0476. The minimum absolute atomic E-state index is 0.0802. The molecule has 0 aliphatic carbocycles. The van der Waals surface area contributed by atoms with Crippen LogP contribution in [0.15, 0.2) is 30.3 Å². The van der Waals surface area contributed by atoms with Gasteiger partial charge in [-0.2, -0.15) is 0 Å². The SMILES string of the molecule is CCCCNC(=O)CN1CCN(CC(=O)c2cc(C)n(Cc3ccc(F)cc3)c2C)CC1. The van der Waals surface area contributed by atoms with Gasteiger partial charge in [0.2, 0.25) is 5.91 Å². The quantitative estimate of drug-likeness (QED) is 0.454. The Labute approximate surface area is 190 Å². The molecule has 1 aliphatic heterocycles. The van der Waals surface area contributed by atoms with Gasteiger partial charge in [0.1, 0.15) is 5.82 Å². The maximum atomic E-state index is 13.2. The van der Waals surface area contributed by atoms with Gasteiger partial charge in [0, 0.05) is 56.2 Å². The van der Waals surface area contributed by atoms with Crippen LogP contribution in [-0.4, -0.2) is 71.9 Å². The predicted octanol–water partition coefficient (Wildman–Crippen LogP) is 3.01. The predicted molar refractivity (Wildman–Crippen MR) is 125 cm³/mol. The van der Waals surface area contributed by atoms with Crippen LogP contribution in [0.4, 0.5) is 4.39 Å². The summed E-state index contributed by atoms with van der Waals surface area (Å²) in [7, 11) is 0. The van der Waals surface area contributed by atoms with E-state index < -0.39 is 0 Å². The second kappa shape index (κ2) is 11.4. The largest absolute Gasteiger partial charge is 0.355 e. The summed E-state index contributed by atoms with van der Waals surface area (Å²) in [4.78, 5) is 29.3. The van der Waals surface area contributed by atoms with Crippen LogP contribution >= 0.6 is 0 Å². The molecule has 174 valence electrons. The summed E-state index contributed by atoms with van der Waals surface area (Å²) in [6.07, 6.45) is 2.08. The minimum atomic E-state index is -0.247. The van der Waals surface area contributed by atoms with E-state index in [1.165, 1.54) is 12.1 Å². The van der Waals surface area contributed by atoms with Gasteiger partial charge in [0.15, 0.2) is 5.78 Å². The summed E-state index contributed by atoms with van der Waals surface area (Å²) in [5, 5.41) is 2.96. The highest BCUT2D eigenvalue weighted by molar-refractivity contribution is 5.99. The Hall–Kier alpha value is -2.51. The zero-order chi connectivity index (χ0) is 23.1. The first-order valence-electron chi connectivity index (χ1n) is 11.5. The number of aryl methyl sites for hydroxylation is 1. The first-order chi connectivity index (χ1) is 15.4. The third kappa shape index (κ3) is 6.50. The van der Waals surface area contributed by atoms with Crippen LogP contribution in [-0.2, 0) is 11.3 Å². The number of hydrogen-bond donors (Lipinski definition) is 1. The van der Waals surface area contributed by atoms with Gasteiger partial charge in [-0.25, -0.2) is 4.39 Å². The first-order valence-corrected chi connectivity index (χ1v) is 11.5. The van der Waals surface area contributed by atoms with E-state index in [1.54, 1.807) is 12.1 Å². The van der Waals surface area contributed by atoms with Gasteiger partial charge in [-0.1, -0.05) is 25.5 Å². The zero-order valence-corrected chi connectivity index (χ0v) is 19.5. The molecule has 3 rings (SSSR count). The first kappa shape index (κ1) is 24.1. The fourth-order valence-electron chi connectivity index (χ4n) is 4.16. The van der Waals surface area contributed by atoms with Crippen LogP contribution in [0, 0.1) is 19.7 Å². The lowest BCUT2D eigenvalue weighted by atomic mass is 10.1. The van der Waals surface area contributed by atoms with Crippen LogP contribution in [0.3, 0.4) is 0 Å². The van der Waals surface area contributed by atoms with E-state index >= 15 is 0 Å². The van der Waals surface area contributed by atoms with E-state index in [0.29, 0.717) is 19.6 Å². The van der Waals surface area contributed by atoms with Gasteiger partial charge < -0.3 is 9.88 Å². The average molecular weight is 443 g/mol. The van der Waals surface area contributed by atoms with Crippen LogP contribution in [0.25, 0.3) is 0 Å². The number of halogens is 1. The van der Waals surface area contributed by atoms with Gasteiger partial charge in [0.25, 0.3) is 0 Å². The molecule has 2 aromatic rings. The highest BCUT2D eigenvalue weighted by atomic mass is 19.1. The third-order valence-corrected chi connectivity index (χ3v) is 6.18. The summed E-state index contributed by atoms with van der Waals surface area (Å²) in [5.41, 5.74) is 3.72. The summed E-state index contributed by atoms with van der Waals surface area (Å²) < 4.78 is 15.3. The number of carbonyl (C=O) groups is 2. The van der Waals surface area contributed by atoms with Crippen molar-refractivity contribution in [2.45, 2.75) is 40.2 Å². The molecule has 1 N–H and O–H groups in total.